The molecule has 0 aromatic carbocycles. The van der Waals surface area contributed by atoms with Gasteiger partial charge >= 0.3 is 0 Å². The Labute approximate surface area is 79.5 Å². The van der Waals surface area contributed by atoms with Crippen LogP contribution in [0.3, 0.4) is 0 Å². The summed E-state index contributed by atoms with van der Waals surface area (Å²) in [6, 6.07) is 1.05. The second-order valence-electron chi connectivity index (χ2n) is 3.57. The van der Waals surface area contributed by atoms with E-state index in [2.05, 4.69) is 5.32 Å². The van der Waals surface area contributed by atoms with Gasteiger partial charge in [0, 0.05) is 18.7 Å². The molecule has 0 unspecified atom stereocenters. The number of nitrogens with two attached hydrogens (primary N) is 1. The molecule has 0 aromatic heterocycles. The second-order valence-corrected chi connectivity index (χ2v) is 3.57. The first-order valence-corrected chi connectivity index (χ1v) is 5.00. The molecule has 1 saturated carbocycles. The number of nitrogens with one attached hydrogen (secondary N) is 1. The summed E-state index contributed by atoms with van der Waals surface area (Å²) < 4.78 is 5.12. The number of ether oxygens (including phenoxy) is 1. The van der Waals surface area contributed by atoms with Crippen LogP contribution in [-0.2, 0) is 4.74 Å². The third-order valence-corrected chi connectivity index (χ3v) is 2.31. The molecule has 1 aliphatic carbocycles. The highest BCUT2D eigenvalue weighted by Gasteiger charge is 2.24. The van der Waals surface area contributed by atoms with Crippen LogP contribution in [0.1, 0.15) is 19.3 Å². The zero-order chi connectivity index (χ0) is 9.52. The van der Waals surface area contributed by atoms with E-state index in [1.165, 1.54) is 0 Å². The van der Waals surface area contributed by atoms with Gasteiger partial charge in [-0.25, -0.2) is 0 Å². The van der Waals surface area contributed by atoms with Gasteiger partial charge in [0.25, 0.3) is 0 Å². The van der Waals surface area contributed by atoms with Crippen LogP contribution in [0.5, 0.6) is 0 Å². The van der Waals surface area contributed by atoms with Crippen molar-refractivity contribution in [3.8, 4) is 0 Å². The molecule has 0 saturated heterocycles. The van der Waals surface area contributed by atoms with E-state index >= 15 is 0 Å². The van der Waals surface area contributed by atoms with Crippen LogP contribution < -0.4 is 11.1 Å². The van der Waals surface area contributed by atoms with Gasteiger partial charge in [-0.1, -0.05) is 0 Å². The summed E-state index contributed by atoms with van der Waals surface area (Å²) in [5.74, 6) is 0. The lowest BCUT2D eigenvalue weighted by Crippen LogP contribution is -2.48. The van der Waals surface area contributed by atoms with E-state index in [-0.39, 0.29) is 6.61 Å². The van der Waals surface area contributed by atoms with E-state index in [9.17, 15) is 0 Å². The maximum absolute atomic E-state index is 8.43. The third kappa shape index (κ3) is 4.57. The van der Waals surface area contributed by atoms with Gasteiger partial charge in [-0.05, 0) is 25.8 Å². The van der Waals surface area contributed by atoms with E-state index in [1.807, 2.05) is 0 Å². The minimum absolute atomic E-state index is 0.116. The number of hydrogen-bond donors (Lipinski definition) is 3. The van der Waals surface area contributed by atoms with Gasteiger partial charge in [0.05, 0.1) is 13.2 Å². The summed E-state index contributed by atoms with van der Waals surface area (Å²) in [4.78, 5) is 0. The largest absolute Gasteiger partial charge is 0.394 e. The van der Waals surface area contributed by atoms with Crippen molar-refractivity contribution in [3.63, 3.8) is 0 Å². The first-order valence-electron chi connectivity index (χ1n) is 5.00. The van der Waals surface area contributed by atoms with Gasteiger partial charge in [-0.3, -0.25) is 0 Å². The van der Waals surface area contributed by atoms with E-state index in [0.717, 1.165) is 32.4 Å². The van der Waals surface area contributed by atoms with Crippen LogP contribution in [0.4, 0.5) is 0 Å². The Kier molecular flexibility index (Phi) is 5.31. The van der Waals surface area contributed by atoms with Crippen LogP contribution in [0.2, 0.25) is 0 Å². The monoisotopic (exact) mass is 188 g/mol. The van der Waals surface area contributed by atoms with Gasteiger partial charge in [0.15, 0.2) is 0 Å². The van der Waals surface area contributed by atoms with Crippen LogP contribution in [0, 0.1) is 0 Å². The molecule has 1 fully saturated rings. The van der Waals surface area contributed by atoms with Gasteiger partial charge in [0.2, 0.25) is 0 Å². The van der Waals surface area contributed by atoms with E-state index in [0.29, 0.717) is 18.7 Å². The molecule has 4 nitrogen and oxygen atoms in total. The van der Waals surface area contributed by atoms with Crippen LogP contribution in [-0.4, -0.2) is 43.6 Å². The quantitative estimate of drug-likeness (QED) is 0.470. The average molecular weight is 188 g/mol. The van der Waals surface area contributed by atoms with Gasteiger partial charge in [-0.15, -0.1) is 0 Å². The molecule has 0 amide bonds. The van der Waals surface area contributed by atoms with Crippen molar-refractivity contribution < 1.29 is 9.84 Å². The molecule has 0 heterocycles. The average Bonchev–Trinajstić information content (AvgIpc) is 2.07. The SMILES string of the molecule is NC1CC(NCCCOCCO)C1. The predicted molar refractivity (Wildman–Crippen MR) is 51.5 cm³/mol. The summed E-state index contributed by atoms with van der Waals surface area (Å²) in [5, 5.41) is 11.8. The molecular formula is C9H20N2O2. The summed E-state index contributed by atoms with van der Waals surface area (Å²) in [7, 11) is 0. The van der Waals surface area contributed by atoms with Crippen molar-refractivity contribution >= 4 is 0 Å². The van der Waals surface area contributed by atoms with Crippen LogP contribution >= 0.6 is 0 Å². The Morgan fingerprint density at radius 1 is 1.38 bits per heavy atom. The second kappa shape index (κ2) is 6.32. The predicted octanol–water partition coefficient (Wildman–Crippen LogP) is -0.535. The molecule has 1 aliphatic rings. The Bertz CT molecular complexity index is 127. The van der Waals surface area contributed by atoms with Crippen LogP contribution in [0.25, 0.3) is 0 Å². The molecule has 0 aromatic rings. The fraction of sp³-hybridized carbons (Fsp3) is 1.00. The smallest absolute Gasteiger partial charge is 0.0697 e. The van der Waals surface area contributed by atoms with Crippen molar-refractivity contribution in [2.24, 2.45) is 5.73 Å². The van der Waals surface area contributed by atoms with Crippen molar-refractivity contribution in [2.75, 3.05) is 26.4 Å². The number of rotatable bonds is 7. The summed E-state index contributed by atoms with van der Waals surface area (Å²) >= 11 is 0. The number of aliphatic hydroxyl groups excluding tert-OH is 1. The van der Waals surface area contributed by atoms with Crippen molar-refractivity contribution in [3.05, 3.63) is 0 Å². The van der Waals surface area contributed by atoms with E-state index in [4.69, 9.17) is 15.6 Å². The highest BCUT2D eigenvalue weighted by Crippen LogP contribution is 2.16. The lowest BCUT2D eigenvalue weighted by molar-refractivity contribution is 0.0897. The summed E-state index contributed by atoms with van der Waals surface area (Å²) in [5.41, 5.74) is 5.65. The van der Waals surface area contributed by atoms with E-state index in [1.54, 1.807) is 0 Å². The first-order chi connectivity index (χ1) is 6.33. The highest BCUT2D eigenvalue weighted by atomic mass is 16.5. The fourth-order valence-electron chi connectivity index (χ4n) is 1.48. The van der Waals surface area contributed by atoms with Gasteiger partial charge in [0.1, 0.15) is 0 Å². The van der Waals surface area contributed by atoms with Crippen LogP contribution in [0.15, 0.2) is 0 Å². The molecule has 1 rings (SSSR count). The Morgan fingerprint density at radius 3 is 2.77 bits per heavy atom. The highest BCUT2D eigenvalue weighted by molar-refractivity contribution is 4.87. The first kappa shape index (κ1) is 10.9. The minimum atomic E-state index is 0.116. The molecule has 4 N–H and O–H groups in total. The maximum Gasteiger partial charge on any atom is 0.0697 e. The van der Waals surface area contributed by atoms with E-state index < -0.39 is 0 Å². The van der Waals surface area contributed by atoms with Crippen molar-refractivity contribution in [1.29, 1.82) is 0 Å². The standard InChI is InChI=1S/C9H20N2O2/c10-8-6-9(7-8)11-2-1-4-13-5-3-12/h8-9,11-12H,1-7,10H2. The zero-order valence-corrected chi connectivity index (χ0v) is 8.04. The molecular weight excluding hydrogens is 168 g/mol. The Hall–Kier alpha value is -0.160. The zero-order valence-electron chi connectivity index (χ0n) is 8.04. The third-order valence-electron chi connectivity index (χ3n) is 2.31. The fourth-order valence-corrected chi connectivity index (χ4v) is 1.48. The lowest BCUT2D eigenvalue weighted by atomic mass is 9.88. The molecule has 0 radical (unpaired) electrons. The van der Waals surface area contributed by atoms with Crippen molar-refractivity contribution in [1.82, 2.24) is 5.32 Å². The molecule has 0 atom stereocenters. The molecule has 78 valence electrons. The maximum atomic E-state index is 8.43. The molecule has 0 aliphatic heterocycles. The normalized spacial score (nSPS) is 27.2. The topological polar surface area (TPSA) is 67.5 Å². The lowest BCUT2D eigenvalue weighted by Gasteiger charge is -2.33. The summed E-state index contributed by atoms with van der Waals surface area (Å²) in [6.07, 6.45) is 3.22. The molecule has 13 heavy (non-hydrogen) atoms. The van der Waals surface area contributed by atoms with Crippen molar-refractivity contribution in [2.45, 2.75) is 31.3 Å². The summed E-state index contributed by atoms with van der Waals surface area (Å²) in [6.45, 7) is 2.29. The minimum Gasteiger partial charge on any atom is -0.394 e. The molecule has 4 heteroatoms. The Balaban J connectivity index is 1.74. The number of aliphatic hydroxyl groups is 1. The van der Waals surface area contributed by atoms with Gasteiger partial charge in [-0.2, -0.15) is 0 Å². The Morgan fingerprint density at radius 2 is 2.15 bits per heavy atom. The van der Waals surface area contributed by atoms with Gasteiger partial charge < -0.3 is 20.9 Å². The number of hydrogen-bond acceptors (Lipinski definition) is 4. The molecule has 0 bridgehead atoms. The molecule has 0 spiro atoms.